The number of halogens is 1. The van der Waals surface area contributed by atoms with Crippen LogP contribution in [-0.4, -0.2) is 58.5 Å². The number of nitrogens with one attached hydrogen (secondary N) is 2. The Morgan fingerprint density at radius 2 is 1.80 bits per heavy atom. The molecule has 2 amide bonds. The van der Waals surface area contributed by atoms with Gasteiger partial charge in [-0.1, -0.05) is 29.8 Å². The third-order valence-electron chi connectivity index (χ3n) is 8.48. The van der Waals surface area contributed by atoms with Crippen molar-refractivity contribution in [2.24, 2.45) is 7.05 Å². The lowest BCUT2D eigenvalue weighted by atomic mass is 10.00. The van der Waals surface area contributed by atoms with Crippen LogP contribution in [0.2, 0.25) is 5.02 Å². The molecule has 2 aromatic carbocycles. The van der Waals surface area contributed by atoms with E-state index in [0.29, 0.717) is 44.8 Å². The van der Waals surface area contributed by atoms with Gasteiger partial charge in [0.15, 0.2) is 10.9 Å². The highest BCUT2D eigenvalue weighted by atomic mass is 35.5. The minimum atomic E-state index is -0.622. The fraction of sp³-hybridized carbons (Fsp3) is 0.333. The van der Waals surface area contributed by atoms with Gasteiger partial charge in [0.2, 0.25) is 5.91 Å². The average Bonchev–Trinajstić information content (AvgIpc) is 3.42. The summed E-state index contributed by atoms with van der Waals surface area (Å²) in [6.45, 7) is 3.32. The molecule has 1 saturated heterocycles. The van der Waals surface area contributed by atoms with Crippen molar-refractivity contribution < 1.29 is 14.3 Å². The van der Waals surface area contributed by atoms with Crippen LogP contribution in [0.15, 0.2) is 53.5 Å². The predicted octanol–water partition coefficient (Wildman–Crippen LogP) is 6.15. The van der Waals surface area contributed by atoms with Gasteiger partial charge in [0.25, 0.3) is 5.56 Å². The van der Waals surface area contributed by atoms with Gasteiger partial charge in [-0.2, -0.15) is 0 Å². The number of benzene rings is 2. The molecule has 0 spiro atoms. The molecule has 1 unspecified atom stereocenters. The number of ether oxygens (including phenoxy) is 1. The number of likely N-dealkylation sites (N-methyl/N-ethyl adjacent to an activating group) is 2. The summed E-state index contributed by atoms with van der Waals surface area (Å²) in [6, 6.07) is 12.5. The Morgan fingerprint density at radius 3 is 2.56 bits per heavy atom. The molecule has 1 atom stereocenters. The molecule has 2 N–H and O–H groups in total. The third kappa shape index (κ3) is 6.33. The first kappa shape index (κ1) is 30.8. The third-order valence-corrected chi connectivity index (χ3v) is 9.91. The van der Waals surface area contributed by atoms with Crippen LogP contribution >= 0.6 is 22.9 Å². The Balaban J connectivity index is 1.22. The van der Waals surface area contributed by atoms with Crippen LogP contribution in [-0.2, 0) is 24.7 Å². The first-order valence-corrected chi connectivity index (χ1v) is 16.1. The van der Waals surface area contributed by atoms with Crippen LogP contribution in [0.25, 0.3) is 11.3 Å². The maximum atomic E-state index is 13.1. The minimum Gasteiger partial charge on any atom is -0.399 e. The van der Waals surface area contributed by atoms with E-state index in [0.717, 1.165) is 37.8 Å². The van der Waals surface area contributed by atoms with Crippen molar-refractivity contribution in [3.8, 4) is 16.3 Å². The Bertz CT molecular complexity index is 1810. The van der Waals surface area contributed by atoms with Gasteiger partial charge in [-0.15, -0.1) is 11.3 Å². The topological polar surface area (TPSA) is 109 Å². The Kier molecular flexibility index (Phi) is 8.67. The van der Waals surface area contributed by atoms with E-state index >= 15 is 0 Å². The fourth-order valence-electron chi connectivity index (χ4n) is 5.89. The molecule has 4 aromatic rings. The largest absolute Gasteiger partial charge is 0.417 e. The molecule has 234 valence electrons. The highest BCUT2D eigenvalue weighted by molar-refractivity contribution is 7.14. The SMILES string of the molecule is Cc1c(-c2cn(C)c(=O)c(Nc3ccc(C4C(=O)N(C)CCN4C)cc3)n2)ccc(Cl)c1NC(=O)Oc1cc2c(s1)CCCC2. The van der Waals surface area contributed by atoms with E-state index < -0.39 is 6.09 Å². The van der Waals surface area contributed by atoms with Crippen molar-refractivity contribution in [3.63, 3.8) is 0 Å². The van der Waals surface area contributed by atoms with Crippen molar-refractivity contribution in [3.05, 3.63) is 85.6 Å². The van der Waals surface area contributed by atoms with E-state index in [2.05, 4.69) is 15.6 Å². The number of carbonyl (C=O) groups excluding carboxylic acids is 2. The van der Waals surface area contributed by atoms with Crippen molar-refractivity contribution in [2.75, 3.05) is 37.8 Å². The normalized spacial score (nSPS) is 16.8. The monoisotopic (exact) mass is 646 g/mol. The number of aromatic nitrogens is 2. The molecule has 1 aliphatic carbocycles. The summed E-state index contributed by atoms with van der Waals surface area (Å²) in [5.41, 5.74) is 4.79. The van der Waals surface area contributed by atoms with E-state index in [1.807, 2.05) is 62.3 Å². The van der Waals surface area contributed by atoms with Crippen LogP contribution in [0.1, 0.15) is 40.5 Å². The summed E-state index contributed by atoms with van der Waals surface area (Å²) in [7, 11) is 5.42. The summed E-state index contributed by atoms with van der Waals surface area (Å²) in [5, 5.41) is 6.88. The highest BCUT2D eigenvalue weighted by Gasteiger charge is 2.32. The maximum absolute atomic E-state index is 13.1. The number of nitrogens with zero attached hydrogens (tertiary/aromatic N) is 4. The number of carbonyl (C=O) groups is 2. The van der Waals surface area contributed by atoms with Gasteiger partial charge in [0.1, 0.15) is 6.04 Å². The predicted molar refractivity (Wildman–Crippen MR) is 178 cm³/mol. The zero-order valence-electron chi connectivity index (χ0n) is 25.6. The molecule has 12 heteroatoms. The number of aryl methyl sites for hydroxylation is 3. The summed E-state index contributed by atoms with van der Waals surface area (Å²) in [5.74, 6) is 0.191. The molecule has 10 nitrogen and oxygen atoms in total. The van der Waals surface area contributed by atoms with E-state index in [4.69, 9.17) is 16.3 Å². The molecule has 0 radical (unpaired) electrons. The van der Waals surface area contributed by atoms with Gasteiger partial charge < -0.3 is 19.5 Å². The summed E-state index contributed by atoms with van der Waals surface area (Å²) >= 11 is 8.04. The van der Waals surface area contributed by atoms with E-state index in [1.54, 1.807) is 24.2 Å². The maximum Gasteiger partial charge on any atom is 0.417 e. The number of anilines is 3. The lowest BCUT2D eigenvalue weighted by molar-refractivity contribution is -0.139. The zero-order chi connectivity index (χ0) is 31.8. The van der Waals surface area contributed by atoms with Gasteiger partial charge >= 0.3 is 6.09 Å². The van der Waals surface area contributed by atoms with Gasteiger partial charge in [-0.3, -0.25) is 19.8 Å². The van der Waals surface area contributed by atoms with Gasteiger partial charge in [-0.25, -0.2) is 9.78 Å². The number of hydrogen-bond donors (Lipinski definition) is 2. The molecule has 3 heterocycles. The zero-order valence-corrected chi connectivity index (χ0v) is 27.2. The number of piperazine rings is 1. The average molecular weight is 647 g/mol. The van der Waals surface area contributed by atoms with Crippen molar-refractivity contribution >= 4 is 52.1 Å². The second kappa shape index (κ2) is 12.7. The highest BCUT2D eigenvalue weighted by Crippen LogP contribution is 2.36. The number of thiophene rings is 1. The summed E-state index contributed by atoms with van der Waals surface area (Å²) in [6.07, 6.45) is 5.35. The van der Waals surface area contributed by atoms with Crippen molar-refractivity contribution in [1.29, 1.82) is 0 Å². The number of rotatable bonds is 6. The van der Waals surface area contributed by atoms with Crippen LogP contribution in [0.5, 0.6) is 5.06 Å². The van der Waals surface area contributed by atoms with Gasteiger partial charge in [-0.05, 0) is 80.6 Å². The quantitative estimate of drug-likeness (QED) is 0.259. The first-order chi connectivity index (χ1) is 21.6. The van der Waals surface area contributed by atoms with Crippen LogP contribution < -0.4 is 20.9 Å². The second-order valence-corrected chi connectivity index (χ2v) is 13.1. The number of fused-ring (bicyclic) bond motifs is 1. The van der Waals surface area contributed by atoms with E-state index in [9.17, 15) is 14.4 Å². The standard InChI is InChI=1S/C33H35ClN6O4S/c1-19-23(13-14-24(34)28(19)37-33(43)44-27-17-21-7-5-6-8-26(21)45-27)25-18-40(4)32(42)30(36-25)35-22-11-9-20(10-12-22)29-31(41)39(3)16-15-38(29)2/h9-14,17-18,29H,5-8,15-16H2,1-4H3,(H,35,36)(H,37,43). The minimum absolute atomic E-state index is 0.0541. The Labute approximate surface area is 270 Å². The molecular weight excluding hydrogens is 612 g/mol. The lowest BCUT2D eigenvalue weighted by Crippen LogP contribution is -2.48. The van der Waals surface area contributed by atoms with Crippen LogP contribution in [0.4, 0.5) is 22.0 Å². The Morgan fingerprint density at radius 1 is 1.04 bits per heavy atom. The number of hydrogen-bond acceptors (Lipinski definition) is 8. The van der Waals surface area contributed by atoms with E-state index in [1.165, 1.54) is 26.3 Å². The van der Waals surface area contributed by atoms with Crippen molar-refractivity contribution in [1.82, 2.24) is 19.4 Å². The first-order valence-electron chi connectivity index (χ1n) is 14.9. The van der Waals surface area contributed by atoms with Crippen molar-refractivity contribution in [2.45, 2.75) is 38.6 Å². The second-order valence-electron chi connectivity index (χ2n) is 11.6. The molecule has 1 aliphatic heterocycles. The molecule has 0 saturated carbocycles. The molecule has 2 aliphatic rings. The summed E-state index contributed by atoms with van der Waals surface area (Å²) < 4.78 is 7.08. The molecule has 0 bridgehead atoms. The molecular formula is C33H35ClN6O4S. The van der Waals surface area contributed by atoms with Gasteiger partial charge in [0, 0.05) is 49.5 Å². The van der Waals surface area contributed by atoms with E-state index in [-0.39, 0.29) is 23.3 Å². The molecule has 45 heavy (non-hydrogen) atoms. The summed E-state index contributed by atoms with van der Waals surface area (Å²) in [4.78, 5) is 48.5. The lowest BCUT2D eigenvalue weighted by Gasteiger charge is -2.37. The van der Waals surface area contributed by atoms with Crippen LogP contribution in [0.3, 0.4) is 0 Å². The molecule has 6 rings (SSSR count). The molecule has 1 fully saturated rings. The fourth-order valence-corrected chi connectivity index (χ4v) is 7.24. The van der Waals surface area contributed by atoms with Gasteiger partial charge in [0.05, 0.1) is 16.4 Å². The smallest absolute Gasteiger partial charge is 0.399 e. The number of amides is 2. The molecule has 2 aromatic heterocycles. The Hall–Kier alpha value is -4.19. The van der Waals surface area contributed by atoms with Crippen LogP contribution in [0, 0.1) is 6.92 Å².